The lowest BCUT2D eigenvalue weighted by atomic mass is 10.1. The van der Waals surface area contributed by atoms with Crippen molar-refractivity contribution in [2.45, 2.75) is 18.9 Å². The van der Waals surface area contributed by atoms with E-state index in [9.17, 15) is 9.59 Å². The normalized spacial score (nSPS) is 17.1. The average Bonchev–Trinajstić information content (AvgIpc) is 2.93. The van der Waals surface area contributed by atoms with Crippen LogP contribution in [-0.2, 0) is 11.2 Å². The zero-order valence-corrected chi connectivity index (χ0v) is 13.7. The van der Waals surface area contributed by atoms with Gasteiger partial charge >= 0.3 is 0 Å². The minimum Gasteiger partial charge on any atom is -0.346 e. The van der Waals surface area contributed by atoms with E-state index in [0.29, 0.717) is 24.5 Å². The van der Waals surface area contributed by atoms with E-state index in [1.807, 2.05) is 24.3 Å². The highest BCUT2D eigenvalue weighted by Gasteiger charge is 2.30. The topological polar surface area (TPSA) is 75.2 Å². The number of likely N-dealkylation sites (tertiary alicyclic amines) is 1. The number of nitrogens with zero attached hydrogens (tertiary/aromatic N) is 3. The fourth-order valence-corrected chi connectivity index (χ4v) is 2.93. The molecule has 1 N–H and O–H groups in total. The number of halogens is 1. The van der Waals surface area contributed by atoms with Crippen molar-refractivity contribution in [3.05, 3.63) is 59.1 Å². The van der Waals surface area contributed by atoms with E-state index in [4.69, 9.17) is 11.6 Å². The highest BCUT2D eigenvalue weighted by Crippen LogP contribution is 2.15. The van der Waals surface area contributed by atoms with E-state index >= 15 is 0 Å². The standard InChI is InChI=1S/C17H17ClN4O2/c18-13-3-1-2-12(8-13)4-7-22-11-14(9-16(22)23)21-17(24)15-10-19-5-6-20-15/h1-3,5-6,8,10,14H,4,7,9,11H2,(H,21,24). The van der Waals surface area contributed by atoms with E-state index in [1.54, 1.807) is 4.90 Å². The highest BCUT2D eigenvalue weighted by atomic mass is 35.5. The second kappa shape index (κ2) is 7.40. The van der Waals surface area contributed by atoms with E-state index < -0.39 is 0 Å². The van der Waals surface area contributed by atoms with E-state index in [1.165, 1.54) is 18.6 Å². The number of rotatable bonds is 5. The third-order valence-corrected chi connectivity index (χ3v) is 4.14. The first-order valence-corrected chi connectivity index (χ1v) is 8.09. The number of nitrogens with one attached hydrogen (secondary N) is 1. The van der Waals surface area contributed by atoms with Crippen LogP contribution in [0, 0.1) is 0 Å². The molecule has 2 heterocycles. The molecule has 2 amide bonds. The Hall–Kier alpha value is -2.47. The second-order valence-electron chi connectivity index (χ2n) is 5.68. The molecule has 3 rings (SSSR count). The predicted molar refractivity (Wildman–Crippen MR) is 89.6 cm³/mol. The summed E-state index contributed by atoms with van der Waals surface area (Å²) in [4.78, 5) is 33.8. The number of carbonyl (C=O) groups excluding carboxylic acids is 2. The molecule has 1 aromatic carbocycles. The van der Waals surface area contributed by atoms with Gasteiger partial charge in [0.15, 0.2) is 0 Å². The summed E-state index contributed by atoms with van der Waals surface area (Å²) in [5.41, 5.74) is 1.34. The van der Waals surface area contributed by atoms with Gasteiger partial charge in [-0.25, -0.2) is 4.98 Å². The molecule has 1 aliphatic rings. The first-order chi connectivity index (χ1) is 11.6. The van der Waals surface area contributed by atoms with Gasteiger partial charge in [-0.1, -0.05) is 23.7 Å². The Bertz CT molecular complexity index is 738. The van der Waals surface area contributed by atoms with Crippen LogP contribution in [0.25, 0.3) is 0 Å². The largest absolute Gasteiger partial charge is 0.346 e. The number of benzene rings is 1. The lowest BCUT2D eigenvalue weighted by Crippen LogP contribution is -2.37. The summed E-state index contributed by atoms with van der Waals surface area (Å²) >= 11 is 5.97. The van der Waals surface area contributed by atoms with Gasteiger partial charge in [-0.2, -0.15) is 0 Å². The second-order valence-corrected chi connectivity index (χ2v) is 6.12. The van der Waals surface area contributed by atoms with Crippen molar-refractivity contribution in [2.24, 2.45) is 0 Å². The van der Waals surface area contributed by atoms with E-state index in [2.05, 4.69) is 15.3 Å². The molecule has 1 fully saturated rings. The zero-order valence-electron chi connectivity index (χ0n) is 13.0. The number of amides is 2. The number of hydrogen-bond acceptors (Lipinski definition) is 4. The van der Waals surface area contributed by atoms with Crippen molar-refractivity contribution >= 4 is 23.4 Å². The molecule has 1 saturated heterocycles. The maximum Gasteiger partial charge on any atom is 0.271 e. The van der Waals surface area contributed by atoms with Crippen molar-refractivity contribution in [2.75, 3.05) is 13.1 Å². The Morgan fingerprint density at radius 3 is 3.00 bits per heavy atom. The van der Waals surface area contributed by atoms with Crippen LogP contribution in [-0.4, -0.2) is 45.8 Å². The van der Waals surface area contributed by atoms with Crippen LogP contribution in [0.1, 0.15) is 22.5 Å². The summed E-state index contributed by atoms with van der Waals surface area (Å²) in [6.07, 6.45) is 5.42. The Balaban J connectivity index is 1.53. The number of hydrogen-bond donors (Lipinski definition) is 1. The molecule has 1 atom stereocenters. The van der Waals surface area contributed by atoms with E-state index in [0.717, 1.165) is 12.0 Å². The maximum atomic E-state index is 12.1. The Kier molecular flexibility index (Phi) is 5.05. The maximum absolute atomic E-state index is 12.1. The molecule has 0 aliphatic carbocycles. The fourth-order valence-electron chi connectivity index (χ4n) is 2.72. The molecular formula is C17H17ClN4O2. The zero-order chi connectivity index (χ0) is 16.9. The predicted octanol–water partition coefficient (Wildman–Crippen LogP) is 1.70. The first-order valence-electron chi connectivity index (χ1n) is 7.71. The van der Waals surface area contributed by atoms with Gasteiger partial charge in [0.25, 0.3) is 5.91 Å². The highest BCUT2D eigenvalue weighted by molar-refractivity contribution is 6.30. The van der Waals surface area contributed by atoms with Crippen LogP contribution in [0.3, 0.4) is 0 Å². The third-order valence-electron chi connectivity index (χ3n) is 3.90. The van der Waals surface area contributed by atoms with Crippen molar-refractivity contribution < 1.29 is 9.59 Å². The molecule has 1 unspecified atom stereocenters. The summed E-state index contributed by atoms with van der Waals surface area (Å²) in [5.74, 6) is -0.265. The van der Waals surface area contributed by atoms with Gasteiger partial charge in [-0.3, -0.25) is 14.6 Å². The third kappa shape index (κ3) is 4.08. The molecule has 0 bridgehead atoms. The molecule has 7 heteroatoms. The van der Waals surface area contributed by atoms with E-state index in [-0.39, 0.29) is 23.6 Å². The molecular weight excluding hydrogens is 328 g/mol. The van der Waals surface area contributed by atoms with Crippen molar-refractivity contribution in [3.8, 4) is 0 Å². The van der Waals surface area contributed by atoms with Crippen LogP contribution in [0.5, 0.6) is 0 Å². The smallest absolute Gasteiger partial charge is 0.271 e. The van der Waals surface area contributed by atoms with Crippen LogP contribution >= 0.6 is 11.6 Å². The average molecular weight is 345 g/mol. The Morgan fingerprint density at radius 1 is 1.38 bits per heavy atom. The van der Waals surface area contributed by atoms with Gasteiger partial charge in [0, 0.05) is 36.9 Å². The van der Waals surface area contributed by atoms with Gasteiger partial charge in [0.1, 0.15) is 5.69 Å². The van der Waals surface area contributed by atoms with Gasteiger partial charge in [-0.05, 0) is 24.1 Å². The molecule has 2 aromatic rings. The number of carbonyl (C=O) groups is 2. The Morgan fingerprint density at radius 2 is 2.25 bits per heavy atom. The van der Waals surface area contributed by atoms with Crippen molar-refractivity contribution in [1.29, 1.82) is 0 Å². The van der Waals surface area contributed by atoms with Gasteiger partial charge < -0.3 is 10.2 Å². The fraction of sp³-hybridized carbons (Fsp3) is 0.294. The van der Waals surface area contributed by atoms with Crippen LogP contribution in [0.15, 0.2) is 42.9 Å². The summed E-state index contributed by atoms with van der Waals surface area (Å²) in [6.45, 7) is 1.11. The van der Waals surface area contributed by atoms with Crippen LogP contribution in [0.2, 0.25) is 5.02 Å². The summed E-state index contributed by atoms with van der Waals surface area (Å²) in [7, 11) is 0. The van der Waals surface area contributed by atoms with Crippen LogP contribution < -0.4 is 5.32 Å². The number of aromatic nitrogens is 2. The summed E-state index contributed by atoms with van der Waals surface area (Å²) < 4.78 is 0. The molecule has 6 nitrogen and oxygen atoms in total. The molecule has 1 aromatic heterocycles. The monoisotopic (exact) mass is 344 g/mol. The minimum absolute atomic E-state index is 0.0430. The molecule has 1 aliphatic heterocycles. The lowest BCUT2D eigenvalue weighted by molar-refractivity contribution is -0.127. The minimum atomic E-state index is -0.308. The van der Waals surface area contributed by atoms with Crippen LogP contribution in [0.4, 0.5) is 0 Å². The molecule has 24 heavy (non-hydrogen) atoms. The van der Waals surface area contributed by atoms with Crippen molar-refractivity contribution in [1.82, 2.24) is 20.2 Å². The Labute approximate surface area is 144 Å². The molecule has 124 valence electrons. The SMILES string of the molecule is O=C(NC1CC(=O)N(CCc2cccc(Cl)c2)C1)c1cnccn1. The molecule has 0 spiro atoms. The summed E-state index contributed by atoms with van der Waals surface area (Å²) in [6, 6.07) is 7.40. The van der Waals surface area contributed by atoms with Crippen molar-refractivity contribution in [3.63, 3.8) is 0 Å². The lowest BCUT2D eigenvalue weighted by Gasteiger charge is -2.17. The summed E-state index contributed by atoms with van der Waals surface area (Å²) in [5, 5.41) is 3.53. The van der Waals surface area contributed by atoms with Gasteiger partial charge in [-0.15, -0.1) is 0 Å². The van der Waals surface area contributed by atoms with Gasteiger partial charge in [0.05, 0.1) is 12.2 Å². The van der Waals surface area contributed by atoms with Gasteiger partial charge in [0.2, 0.25) is 5.91 Å². The molecule has 0 radical (unpaired) electrons. The molecule has 0 saturated carbocycles. The first kappa shape index (κ1) is 16.4. The quantitative estimate of drug-likeness (QED) is 0.895.